The van der Waals surface area contributed by atoms with Crippen molar-refractivity contribution >= 4 is 0 Å². The maximum atomic E-state index is 13.4. The second-order valence-corrected chi connectivity index (χ2v) is 3.53. The smallest absolute Gasteiger partial charge is 0.162 e. The third kappa shape index (κ3) is 3.32. The second-order valence-electron chi connectivity index (χ2n) is 3.53. The van der Waals surface area contributed by atoms with Crippen LogP contribution in [-0.2, 0) is 6.42 Å². The molecule has 1 rings (SSSR count). The molecule has 0 spiro atoms. The summed E-state index contributed by atoms with van der Waals surface area (Å²) in [4.78, 5) is 0. The third-order valence-electron chi connectivity index (χ3n) is 2.43. The van der Waals surface area contributed by atoms with Crippen LogP contribution in [0, 0.1) is 23.5 Å². The molecule has 0 radical (unpaired) electrons. The molecule has 16 heavy (non-hydrogen) atoms. The van der Waals surface area contributed by atoms with Gasteiger partial charge in [0.05, 0.1) is 0 Å². The van der Waals surface area contributed by atoms with E-state index in [4.69, 9.17) is 0 Å². The predicted molar refractivity (Wildman–Crippen MR) is 61.0 cm³/mol. The molecule has 1 nitrogen and oxygen atoms in total. The van der Waals surface area contributed by atoms with Crippen LogP contribution in [0.25, 0.3) is 0 Å². The summed E-state index contributed by atoms with van der Waals surface area (Å²) in [5.74, 6) is 4.16. The van der Waals surface area contributed by atoms with Gasteiger partial charge < -0.3 is 5.32 Å². The molecule has 0 fully saturated rings. The largest absolute Gasteiger partial charge is 0.316 e. The van der Waals surface area contributed by atoms with Gasteiger partial charge >= 0.3 is 0 Å². The molecule has 1 unspecified atom stereocenters. The Bertz CT molecular complexity index is 404. The van der Waals surface area contributed by atoms with Gasteiger partial charge in [-0.1, -0.05) is 12.1 Å². The maximum Gasteiger partial charge on any atom is 0.162 e. The molecule has 0 aliphatic heterocycles. The van der Waals surface area contributed by atoms with Crippen LogP contribution in [0.15, 0.2) is 18.2 Å². The summed E-state index contributed by atoms with van der Waals surface area (Å²) in [5, 5.41) is 3.04. The van der Waals surface area contributed by atoms with Crippen molar-refractivity contribution in [3.8, 4) is 11.8 Å². The highest BCUT2D eigenvalue weighted by Gasteiger charge is 2.12. The Kier molecular flexibility index (Phi) is 4.94. The van der Waals surface area contributed by atoms with E-state index in [-0.39, 0.29) is 6.04 Å². The van der Waals surface area contributed by atoms with Gasteiger partial charge in [-0.25, -0.2) is 8.78 Å². The second kappa shape index (κ2) is 6.24. The van der Waals surface area contributed by atoms with Crippen LogP contribution in [-0.4, -0.2) is 13.1 Å². The Morgan fingerprint density at radius 2 is 2.12 bits per heavy atom. The lowest BCUT2D eigenvalue weighted by Crippen LogP contribution is -2.27. The van der Waals surface area contributed by atoms with Gasteiger partial charge in [-0.05, 0) is 32.0 Å². The highest BCUT2D eigenvalue weighted by atomic mass is 19.2. The van der Waals surface area contributed by atoms with Crippen molar-refractivity contribution in [3.63, 3.8) is 0 Å². The molecule has 1 aromatic rings. The van der Waals surface area contributed by atoms with E-state index in [9.17, 15) is 8.78 Å². The SMILES string of the molecule is CC#CCC(Cc1cccc(F)c1F)NC. The molecule has 1 atom stereocenters. The van der Waals surface area contributed by atoms with E-state index in [0.717, 1.165) is 6.07 Å². The average molecular weight is 223 g/mol. The van der Waals surface area contributed by atoms with E-state index in [1.807, 2.05) is 0 Å². The first kappa shape index (κ1) is 12.7. The number of rotatable bonds is 4. The molecule has 0 amide bonds. The minimum atomic E-state index is -0.797. The molecule has 0 heterocycles. The van der Waals surface area contributed by atoms with Crippen molar-refractivity contribution in [2.24, 2.45) is 0 Å². The molecule has 0 aliphatic rings. The van der Waals surface area contributed by atoms with E-state index in [1.54, 1.807) is 20.0 Å². The number of likely N-dealkylation sites (N-methyl/N-ethyl adjacent to an activating group) is 1. The van der Waals surface area contributed by atoms with Gasteiger partial charge in [-0.2, -0.15) is 0 Å². The summed E-state index contributed by atoms with van der Waals surface area (Å²) >= 11 is 0. The Morgan fingerprint density at radius 3 is 2.75 bits per heavy atom. The van der Waals surface area contributed by atoms with E-state index in [2.05, 4.69) is 17.2 Å². The summed E-state index contributed by atoms with van der Waals surface area (Å²) in [6, 6.07) is 4.29. The van der Waals surface area contributed by atoms with Gasteiger partial charge in [0.2, 0.25) is 0 Å². The molecule has 0 aromatic heterocycles. The standard InChI is InChI=1S/C13H15F2N/c1-3-4-7-11(16-2)9-10-6-5-8-12(14)13(10)15/h5-6,8,11,16H,7,9H2,1-2H3. The van der Waals surface area contributed by atoms with Gasteiger partial charge in [0.25, 0.3) is 0 Å². The lowest BCUT2D eigenvalue weighted by Gasteiger charge is -2.13. The first-order valence-corrected chi connectivity index (χ1v) is 5.18. The molecular weight excluding hydrogens is 208 g/mol. The molecule has 0 saturated heterocycles. The van der Waals surface area contributed by atoms with Crippen molar-refractivity contribution in [1.29, 1.82) is 0 Å². The zero-order chi connectivity index (χ0) is 12.0. The molecular formula is C13H15F2N. The van der Waals surface area contributed by atoms with Crippen LogP contribution in [0.2, 0.25) is 0 Å². The topological polar surface area (TPSA) is 12.0 Å². The normalized spacial score (nSPS) is 11.8. The lowest BCUT2D eigenvalue weighted by atomic mass is 10.0. The highest BCUT2D eigenvalue weighted by molar-refractivity contribution is 5.20. The lowest BCUT2D eigenvalue weighted by molar-refractivity contribution is 0.485. The summed E-state index contributed by atoms with van der Waals surface area (Å²) < 4.78 is 26.3. The average Bonchev–Trinajstić information content (AvgIpc) is 2.30. The zero-order valence-corrected chi connectivity index (χ0v) is 9.48. The third-order valence-corrected chi connectivity index (χ3v) is 2.43. The number of hydrogen-bond donors (Lipinski definition) is 1. The predicted octanol–water partition coefficient (Wildman–Crippen LogP) is 2.51. The molecule has 0 aliphatic carbocycles. The van der Waals surface area contributed by atoms with Crippen molar-refractivity contribution < 1.29 is 8.78 Å². The summed E-state index contributed by atoms with van der Waals surface area (Å²) in [7, 11) is 1.79. The minimum absolute atomic E-state index is 0.0451. The van der Waals surface area contributed by atoms with Crippen LogP contribution < -0.4 is 5.32 Å². The maximum absolute atomic E-state index is 13.4. The summed E-state index contributed by atoms with van der Waals surface area (Å²) in [5.41, 5.74) is 0.386. The van der Waals surface area contributed by atoms with Crippen LogP contribution in [0.4, 0.5) is 8.78 Å². The molecule has 86 valence electrons. The van der Waals surface area contributed by atoms with E-state index >= 15 is 0 Å². The van der Waals surface area contributed by atoms with E-state index in [0.29, 0.717) is 18.4 Å². The Morgan fingerprint density at radius 1 is 1.38 bits per heavy atom. The van der Waals surface area contributed by atoms with Gasteiger partial charge in [0.1, 0.15) is 0 Å². The first-order chi connectivity index (χ1) is 7.69. The summed E-state index contributed by atoms with van der Waals surface area (Å²) in [6.07, 6.45) is 1.07. The van der Waals surface area contributed by atoms with Gasteiger partial charge in [0.15, 0.2) is 11.6 Å². The van der Waals surface area contributed by atoms with Gasteiger partial charge in [0, 0.05) is 12.5 Å². The molecule has 1 aromatic carbocycles. The summed E-state index contributed by atoms with van der Waals surface area (Å²) in [6.45, 7) is 1.76. The number of halogens is 2. The van der Waals surface area contributed by atoms with Gasteiger partial charge in [-0.15, -0.1) is 11.8 Å². The quantitative estimate of drug-likeness (QED) is 0.773. The fraction of sp³-hybridized carbons (Fsp3) is 0.385. The van der Waals surface area contributed by atoms with Crippen LogP contribution in [0.5, 0.6) is 0 Å². The molecule has 3 heteroatoms. The van der Waals surface area contributed by atoms with Crippen molar-refractivity contribution in [2.75, 3.05) is 7.05 Å². The monoisotopic (exact) mass is 223 g/mol. The highest BCUT2D eigenvalue weighted by Crippen LogP contribution is 2.14. The fourth-order valence-electron chi connectivity index (χ4n) is 1.47. The van der Waals surface area contributed by atoms with Crippen molar-refractivity contribution in [2.45, 2.75) is 25.8 Å². The van der Waals surface area contributed by atoms with Gasteiger partial charge in [-0.3, -0.25) is 0 Å². The number of hydrogen-bond acceptors (Lipinski definition) is 1. The molecule has 0 bridgehead atoms. The van der Waals surface area contributed by atoms with Crippen LogP contribution in [0.3, 0.4) is 0 Å². The Labute approximate surface area is 94.9 Å². The van der Waals surface area contributed by atoms with E-state index < -0.39 is 11.6 Å². The first-order valence-electron chi connectivity index (χ1n) is 5.18. The minimum Gasteiger partial charge on any atom is -0.316 e. The van der Waals surface area contributed by atoms with Crippen LogP contribution in [0.1, 0.15) is 18.9 Å². The van der Waals surface area contributed by atoms with Crippen molar-refractivity contribution in [1.82, 2.24) is 5.32 Å². The Balaban J connectivity index is 2.76. The fourth-order valence-corrected chi connectivity index (χ4v) is 1.47. The Hall–Kier alpha value is -1.40. The van der Waals surface area contributed by atoms with Crippen molar-refractivity contribution in [3.05, 3.63) is 35.4 Å². The molecule has 0 saturated carbocycles. The van der Waals surface area contributed by atoms with Crippen LogP contribution >= 0.6 is 0 Å². The zero-order valence-electron chi connectivity index (χ0n) is 9.48. The number of nitrogens with one attached hydrogen (secondary N) is 1. The molecule has 1 N–H and O–H groups in total. The number of benzene rings is 1. The van der Waals surface area contributed by atoms with E-state index in [1.165, 1.54) is 6.07 Å².